The first-order valence-corrected chi connectivity index (χ1v) is 3.34. The highest BCUT2D eigenvalue weighted by atomic mass is 32.2. The normalized spacial score (nSPS) is 18.1. The molecule has 0 aromatic rings. The van der Waals surface area contributed by atoms with Gasteiger partial charge < -0.3 is 4.72 Å². The van der Waals surface area contributed by atoms with E-state index >= 15 is 0 Å². The Morgan fingerprint density at radius 3 is 2.40 bits per heavy atom. The first-order chi connectivity index (χ1) is 4.61. The summed E-state index contributed by atoms with van der Waals surface area (Å²) in [4.78, 5) is 0. The molecule has 0 aliphatic carbocycles. The van der Waals surface area contributed by atoms with Crippen LogP contribution < -0.4 is 4.72 Å². The maximum atomic E-state index is 11.8. The molecule has 1 rings (SSSR count). The summed E-state index contributed by atoms with van der Waals surface area (Å²) in [7, 11) is 0. The Morgan fingerprint density at radius 1 is 1.40 bits per heavy atom. The fourth-order valence-electron chi connectivity index (χ4n) is 0.469. The van der Waals surface area contributed by atoms with E-state index in [1.165, 1.54) is 5.41 Å². The van der Waals surface area contributed by atoms with Crippen molar-refractivity contribution in [3.63, 3.8) is 0 Å². The number of allylic oxidation sites excluding steroid dienone is 2. The van der Waals surface area contributed by atoms with Crippen molar-refractivity contribution in [3.8, 4) is 0 Å². The Morgan fingerprint density at radius 2 is 2.10 bits per heavy atom. The molecule has 0 saturated carbocycles. The van der Waals surface area contributed by atoms with Crippen molar-refractivity contribution in [2.45, 2.75) is 6.18 Å². The van der Waals surface area contributed by atoms with Gasteiger partial charge in [-0.15, -0.1) is 0 Å². The molecule has 1 aliphatic rings. The van der Waals surface area contributed by atoms with Gasteiger partial charge in [0.15, 0.2) is 0 Å². The zero-order valence-corrected chi connectivity index (χ0v) is 5.59. The Kier molecular flexibility index (Phi) is 1.94. The SMILES string of the molecule is FC(F)(F)C1=CNSC=C1. The molecule has 1 aliphatic heterocycles. The lowest BCUT2D eigenvalue weighted by Crippen LogP contribution is -2.13. The molecular weight excluding hydrogens is 163 g/mol. The van der Waals surface area contributed by atoms with Gasteiger partial charge >= 0.3 is 6.18 Å². The maximum Gasteiger partial charge on any atom is 0.417 e. The summed E-state index contributed by atoms with van der Waals surface area (Å²) in [5.41, 5.74) is -0.647. The van der Waals surface area contributed by atoms with Crippen LogP contribution in [0.2, 0.25) is 0 Å². The molecule has 0 atom stereocenters. The molecule has 1 N–H and O–H groups in total. The van der Waals surface area contributed by atoms with Crippen LogP contribution in [0.4, 0.5) is 13.2 Å². The molecule has 0 spiro atoms. The van der Waals surface area contributed by atoms with E-state index < -0.39 is 11.7 Å². The van der Waals surface area contributed by atoms with E-state index in [-0.39, 0.29) is 0 Å². The van der Waals surface area contributed by atoms with Gasteiger partial charge in [0.2, 0.25) is 0 Å². The third-order valence-corrected chi connectivity index (χ3v) is 1.45. The molecule has 1 nitrogen and oxygen atoms in total. The van der Waals surface area contributed by atoms with Gasteiger partial charge in [0.05, 0.1) is 5.57 Å². The quantitative estimate of drug-likeness (QED) is 0.555. The average Bonchev–Trinajstić information content (AvgIpc) is 1.88. The highest BCUT2D eigenvalue weighted by Gasteiger charge is 2.32. The number of rotatable bonds is 0. The number of halogens is 3. The predicted molar refractivity (Wildman–Crippen MR) is 34.0 cm³/mol. The Hall–Kier alpha value is -0.580. The zero-order valence-electron chi connectivity index (χ0n) is 4.77. The third-order valence-electron chi connectivity index (χ3n) is 0.925. The Bertz CT molecular complexity index is 182. The molecule has 0 amide bonds. The standard InChI is InChI=1S/C5H4F3NS/c6-5(7,8)4-1-2-10-9-3-4/h1-3,9H. The molecule has 0 saturated heterocycles. The van der Waals surface area contributed by atoms with E-state index in [9.17, 15) is 13.2 Å². The molecule has 56 valence electrons. The summed E-state index contributed by atoms with van der Waals surface area (Å²) >= 11 is 1.11. The van der Waals surface area contributed by atoms with Crippen LogP contribution in [0.3, 0.4) is 0 Å². The van der Waals surface area contributed by atoms with Crippen LogP contribution in [0.15, 0.2) is 23.3 Å². The zero-order chi connectivity index (χ0) is 7.61. The molecular formula is C5H4F3NS. The van der Waals surface area contributed by atoms with Crippen molar-refractivity contribution < 1.29 is 13.2 Å². The molecule has 1 heterocycles. The van der Waals surface area contributed by atoms with Gasteiger partial charge in [0, 0.05) is 6.20 Å². The van der Waals surface area contributed by atoms with Crippen LogP contribution in [0, 0.1) is 0 Å². The molecule has 0 aromatic carbocycles. The average molecular weight is 167 g/mol. The lowest BCUT2D eigenvalue weighted by molar-refractivity contribution is -0.0884. The lowest BCUT2D eigenvalue weighted by atomic mass is 10.3. The van der Waals surface area contributed by atoms with Gasteiger partial charge in [0.25, 0.3) is 0 Å². The smallest absolute Gasteiger partial charge is 0.332 e. The van der Waals surface area contributed by atoms with Crippen molar-refractivity contribution in [1.82, 2.24) is 4.72 Å². The third kappa shape index (κ3) is 1.70. The van der Waals surface area contributed by atoms with Crippen LogP contribution in [0.1, 0.15) is 0 Å². The Labute approximate surface area is 60.1 Å². The highest BCUT2D eigenvalue weighted by molar-refractivity contribution is 8.00. The van der Waals surface area contributed by atoms with E-state index in [1.54, 1.807) is 0 Å². The van der Waals surface area contributed by atoms with Crippen molar-refractivity contribution in [2.24, 2.45) is 0 Å². The van der Waals surface area contributed by atoms with Gasteiger partial charge in [-0.25, -0.2) is 0 Å². The maximum absolute atomic E-state index is 11.8. The van der Waals surface area contributed by atoms with Crippen molar-refractivity contribution >= 4 is 11.9 Å². The van der Waals surface area contributed by atoms with E-state index in [0.717, 1.165) is 24.2 Å². The fourth-order valence-corrected chi connectivity index (χ4v) is 0.957. The van der Waals surface area contributed by atoms with Crippen LogP contribution in [-0.4, -0.2) is 6.18 Å². The number of hydrogen-bond donors (Lipinski definition) is 1. The van der Waals surface area contributed by atoms with E-state index in [4.69, 9.17) is 0 Å². The molecule has 5 heteroatoms. The van der Waals surface area contributed by atoms with Crippen LogP contribution in [0.5, 0.6) is 0 Å². The minimum atomic E-state index is -4.23. The fraction of sp³-hybridized carbons (Fsp3) is 0.200. The number of hydrogen-bond acceptors (Lipinski definition) is 2. The minimum absolute atomic E-state index is 0.647. The van der Waals surface area contributed by atoms with E-state index in [0.29, 0.717) is 0 Å². The molecule has 0 fully saturated rings. The first-order valence-electron chi connectivity index (χ1n) is 2.46. The van der Waals surface area contributed by atoms with Gasteiger partial charge in [-0.3, -0.25) is 0 Å². The van der Waals surface area contributed by atoms with Crippen molar-refractivity contribution in [3.05, 3.63) is 23.3 Å². The second-order valence-corrected chi connectivity index (χ2v) is 2.38. The Balaban J connectivity index is 2.73. The predicted octanol–water partition coefficient (Wildman–Crippen LogP) is 2.20. The van der Waals surface area contributed by atoms with Gasteiger partial charge in [-0.1, -0.05) is 0 Å². The van der Waals surface area contributed by atoms with Crippen molar-refractivity contribution in [1.29, 1.82) is 0 Å². The summed E-state index contributed by atoms with van der Waals surface area (Å²) in [5.74, 6) is 0. The van der Waals surface area contributed by atoms with Gasteiger partial charge in [0.1, 0.15) is 0 Å². The molecule has 0 unspecified atom stereocenters. The van der Waals surface area contributed by atoms with Gasteiger partial charge in [-0.2, -0.15) is 13.2 Å². The monoisotopic (exact) mass is 167 g/mol. The molecule has 0 aromatic heterocycles. The summed E-state index contributed by atoms with van der Waals surface area (Å²) in [6, 6.07) is 0. The highest BCUT2D eigenvalue weighted by Crippen LogP contribution is 2.28. The van der Waals surface area contributed by atoms with Crippen LogP contribution in [0.25, 0.3) is 0 Å². The second kappa shape index (κ2) is 2.57. The summed E-state index contributed by atoms with van der Waals surface area (Å²) in [6.07, 6.45) is -2.27. The number of alkyl halides is 3. The first kappa shape index (κ1) is 7.53. The van der Waals surface area contributed by atoms with E-state index in [1.807, 2.05) is 0 Å². The largest absolute Gasteiger partial charge is 0.417 e. The van der Waals surface area contributed by atoms with E-state index in [2.05, 4.69) is 4.72 Å². The second-order valence-electron chi connectivity index (χ2n) is 1.64. The van der Waals surface area contributed by atoms with Gasteiger partial charge in [-0.05, 0) is 23.4 Å². The van der Waals surface area contributed by atoms with Crippen LogP contribution >= 0.6 is 11.9 Å². The molecule has 0 radical (unpaired) electrons. The molecule has 0 bridgehead atoms. The summed E-state index contributed by atoms with van der Waals surface area (Å²) < 4.78 is 37.7. The lowest BCUT2D eigenvalue weighted by Gasteiger charge is -2.10. The summed E-state index contributed by atoms with van der Waals surface area (Å²) in [5, 5.41) is 1.35. The number of nitrogens with one attached hydrogen (secondary N) is 1. The van der Waals surface area contributed by atoms with Crippen LogP contribution in [-0.2, 0) is 0 Å². The van der Waals surface area contributed by atoms with Crippen molar-refractivity contribution in [2.75, 3.05) is 0 Å². The summed E-state index contributed by atoms with van der Waals surface area (Å²) in [6.45, 7) is 0. The minimum Gasteiger partial charge on any atom is -0.332 e. The molecule has 10 heavy (non-hydrogen) atoms. The topological polar surface area (TPSA) is 12.0 Å².